The number of hydrogen-bond donors (Lipinski definition) is 2. The van der Waals surface area contributed by atoms with Crippen LogP contribution in [0.4, 0.5) is 4.79 Å². The predicted molar refractivity (Wildman–Crippen MR) is 133 cm³/mol. The first-order valence-corrected chi connectivity index (χ1v) is 12.9. The van der Waals surface area contributed by atoms with E-state index in [0.717, 1.165) is 32.5 Å². The van der Waals surface area contributed by atoms with Crippen LogP contribution < -0.4 is 10.6 Å². The molecule has 1 saturated heterocycles. The maximum atomic E-state index is 13.1. The van der Waals surface area contributed by atoms with Crippen LogP contribution in [-0.2, 0) is 20.8 Å². The monoisotopic (exact) mass is 473 g/mol. The Hall–Kier alpha value is -2.12. The fourth-order valence-electron chi connectivity index (χ4n) is 4.72. The molecule has 1 saturated carbocycles. The lowest BCUT2D eigenvalue weighted by Crippen LogP contribution is -2.54. The molecule has 1 heterocycles. The quantitative estimate of drug-likeness (QED) is 0.560. The van der Waals surface area contributed by atoms with Gasteiger partial charge in [-0.15, -0.1) is 0 Å². The van der Waals surface area contributed by atoms with Crippen LogP contribution in [0.3, 0.4) is 0 Å². The van der Waals surface area contributed by atoms with Crippen LogP contribution in [0.15, 0.2) is 30.3 Å². The van der Waals surface area contributed by atoms with Gasteiger partial charge in [-0.25, -0.2) is 4.79 Å². The number of carbonyl (C=O) groups is 2. The van der Waals surface area contributed by atoms with E-state index in [1.807, 2.05) is 26.8 Å². The normalized spacial score (nSPS) is 19.4. The second-order valence-electron chi connectivity index (χ2n) is 10.8. The summed E-state index contributed by atoms with van der Waals surface area (Å²) in [4.78, 5) is 27.9. The molecular weight excluding hydrogens is 430 g/mol. The van der Waals surface area contributed by atoms with Gasteiger partial charge in [-0.05, 0) is 57.9 Å². The van der Waals surface area contributed by atoms with E-state index in [-0.39, 0.29) is 18.6 Å². The van der Waals surface area contributed by atoms with E-state index in [4.69, 9.17) is 9.47 Å². The van der Waals surface area contributed by atoms with Gasteiger partial charge in [0.2, 0.25) is 5.91 Å². The largest absolute Gasteiger partial charge is 0.444 e. The standard InChI is InChI=1S/C27H43N3O4/c1-27(2,3)34-26(32)29-24(20-33-19-22-12-8-5-9-13-22)25(31)28-23-14-16-30(17-15-23)18-21-10-6-4-7-11-21/h4,6-7,10-11,22-24H,5,8-9,12-20H2,1-3H3,(H,28,31)(H,29,32)/t24-/m0/s1. The van der Waals surface area contributed by atoms with Crippen molar-refractivity contribution in [1.82, 2.24) is 15.5 Å². The van der Waals surface area contributed by atoms with Crippen molar-refractivity contribution >= 4 is 12.0 Å². The van der Waals surface area contributed by atoms with Gasteiger partial charge in [0, 0.05) is 32.3 Å². The number of piperidine rings is 1. The second kappa shape index (κ2) is 13.1. The van der Waals surface area contributed by atoms with Crippen molar-refractivity contribution in [3.05, 3.63) is 35.9 Å². The lowest BCUT2D eigenvalue weighted by molar-refractivity contribution is -0.126. The Bertz CT molecular complexity index is 751. The number of alkyl carbamates (subject to hydrolysis) is 1. The fraction of sp³-hybridized carbons (Fsp3) is 0.704. The fourth-order valence-corrected chi connectivity index (χ4v) is 4.72. The number of amides is 2. The first kappa shape index (κ1) is 26.5. The first-order chi connectivity index (χ1) is 16.3. The molecule has 0 bridgehead atoms. The number of likely N-dealkylation sites (tertiary alicyclic amines) is 1. The van der Waals surface area contributed by atoms with E-state index in [1.54, 1.807) is 0 Å². The average molecular weight is 474 g/mol. The van der Waals surface area contributed by atoms with E-state index in [1.165, 1.54) is 37.7 Å². The van der Waals surface area contributed by atoms with E-state index >= 15 is 0 Å². The van der Waals surface area contributed by atoms with Gasteiger partial charge in [0.25, 0.3) is 0 Å². The highest BCUT2D eigenvalue weighted by atomic mass is 16.6. The Labute approximate surface area is 204 Å². The lowest BCUT2D eigenvalue weighted by atomic mass is 9.90. The molecule has 1 aliphatic carbocycles. The highest BCUT2D eigenvalue weighted by Crippen LogP contribution is 2.23. The molecule has 0 aromatic heterocycles. The predicted octanol–water partition coefficient (Wildman–Crippen LogP) is 4.26. The van der Waals surface area contributed by atoms with Gasteiger partial charge in [-0.1, -0.05) is 49.6 Å². The maximum Gasteiger partial charge on any atom is 0.408 e. The Morgan fingerprint density at radius 2 is 1.71 bits per heavy atom. The molecule has 2 N–H and O–H groups in total. The van der Waals surface area contributed by atoms with Crippen LogP contribution in [0.25, 0.3) is 0 Å². The summed E-state index contributed by atoms with van der Waals surface area (Å²) < 4.78 is 11.3. The molecular formula is C27H43N3O4. The van der Waals surface area contributed by atoms with E-state index in [2.05, 4.69) is 39.8 Å². The Morgan fingerprint density at radius 3 is 2.35 bits per heavy atom. The molecule has 1 atom stereocenters. The van der Waals surface area contributed by atoms with Crippen molar-refractivity contribution in [2.45, 2.75) is 89.9 Å². The summed E-state index contributed by atoms with van der Waals surface area (Å²) in [5, 5.41) is 5.88. The summed E-state index contributed by atoms with van der Waals surface area (Å²) in [7, 11) is 0. The van der Waals surface area contributed by atoms with Crippen LogP contribution in [0.1, 0.15) is 71.3 Å². The van der Waals surface area contributed by atoms with Crippen LogP contribution in [0.5, 0.6) is 0 Å². The van der Waals surface area contributed by atoms with Gasteiger partial charge in [0.1, 0.15) is 11.6 Å². The summed E-state index contributed by atoms with van der Waals surface area (Å²) >= 11 is 0. The minimum atomic E-state index is -0.763. The molecule has 0 radical (unpaired) electrons. The second-order valence-corrected chi connectivity index (χ2v) is 10.8. The molecule has 0 spiro atoms. The third kappa shape index (κ3) is 9.63. The van der Waals surface area contributed by atoms with Gasteiger partial charge < -0.3 is 20.1 Å². The number of ether oxygens (including phenoxy) is 2. The average Bonchev–Trinajstić information content (AvgIpc) is 2.80. The van der Waals surface area contributed by atoms with Crippen LogP contribution in [-0.4, -0.2) is 60.9 Å². The van der Waals surface area contributed by atoms with Gasteiger partial charge in [-0.2, -0.15) is 0 Å². The van der Waals surface area contributed by atoms with Crippen molar-refractivity contribution in [3.8, 4) is 0 Å². The third-order valence-electron chi connectivity index (χ3n) is 6.55. The highest BCUT2D eigenvalue weighted by molar-refractivity contribution is 5.86. The SMILES string of the molecule is CC(C)(C)OC(=O)N[C@@H](COCC1CCCCC1)C(=O)NC1CCN(Cc2ccccc2)CC1. The van der Waals surface area contributed by atoms with Crippen molar-refractivity contribution < 1.29 is 19.1 Å². The zero-order chi connectivity index (χ0) is 24.4. The molecule has 1 aromatic rings. The minimum absolute atomic E-state index is 0.0980. The van der Waals surface area contributed by atoms with Crippen molar-refractivity contribution in [2.75, 3.05) is 26.3 Å². The number of hydrogen-bond acceptors (Lipinski definition) is 5. The maximum absolute atomic E-state index is 13.1. The van der Waals surface area contributed by atoms with Crippen molar-refractivity contribution in [1.29, 1.82) is 0 Å². The molecule has 7 heteroatoms. The van der Waals surface area contributed by atoms with Crippen molar-refractivity contribution in [3.63, 3.8) is 0 Å². The number of benzene rings is 1. The smallest absolute Gasteiger partial charge is 0.408 e. The summed E-state index contributed by atoms with van der Waals surface area (Å²) in [6.07, 6.45) is 7.34. The van der Waals surface area contributed by atoms with Crippen LogP contribution in [0, 0.1) is 5.92 Å². The molecule has 1 aromatic carbocycles. The van der Waals surface area contributed by atoms with E-state index < -0.39 is 17.7 Å². The zero-order valence-electron chi connectivity index (χ0n) is 21.2. The first-order valence-electron chi connectivity index (χ1n) is 12.9. The molecule has 7 nitrogen and oxygen atoms in total. The van der Waals surface area contributed by atoms with E-state index in [0.29, 0.717) is 12.5 Å². The van der Waals surface area contributed by atoms with Gasteiger partial charge in [0.15, 0.2) is 0 Å². The number of nitrogens with zero attached hydrogens (tertiary/aromatic N) is 1. The summed E-state index contributed by atoms with van der Waals surface area (Å²) in [5.41, 5.74) is 0.682. The molecule has 1 aliphatic heterocycles. The Morgan fingerprint density at radius 1 is 1.03 bits per heavy atom. The lowest BCUT2D eigenvalue weighted by Gasteiger charge is -2.33. The van der Waals surface area contributed by atoms with Crippen LogP contribution >= 0.6 is 0 Å². The number of carbonyl (C=O) groups excluding carboxylic acids is 2. The molecule has 0 unspecified atom stereocenters. The molecule has 2 fully saturated rings. The van der Waals surface area contributed by atoms with E-state index in [9.17, 15) is 9.59 Å². The Balaban J connectivity index is 1.47. The zero-order valence-corrected chi connectivity index (χ0v) is 21.2. The summed E-state index contributed by atoms with van der Waals surface area (Å²) in [6, 6.07) is 9.79. The molecule has 190 valence electrons. The Kier molecular flexibility index (Phi) is 10.2. The van der Waals surface area contributed by atoms with Gasteiger partial charge in [-0.3, -0.25) is 9.69 Å². The topological polar surface area (TPSA) is 79.9 Å². The number of rotatable bonds is 9. The van der Waals surface area contributed by atoms with Gasteiger partial charge in [0.05, 0.1) is 6.61 Å². The van der Waals surface area contributed by atoms with Crippen molar-refractivity contribution in [2.24, 2.45) is 5.92 Å². The highest BCUT2D eigenvalue weighted by Gasteiger charge is 2.28. The third-order valence-corrected chi connectivity index (χ3v) is 6.55. The van der Waals surface area contributed by atoms with Crippen LogP contribution in [0.2, 0.25) is 0 Å². The molecule has 2 amide bonds. The molecule has 2 aliphatic rings. The molecule has 3 rings (SSSR count). The van der Waals surface area contributed by atoms with Gasteiger partial charge >= 0.3 is 6.09 Å². The number of nitrogens with one attached hydrogen (secondary N) is 2. The summed E-state index contributed by atoms with van der Waals surface area (Å²) in [5.74, 6) is 0.351. The molecule has 34 heavy (non-hydrogen) atoms. The minimum Gasteiger partial charge on any atom is -0.444 e. The summed E-state index contributed by atoms with van der Waals surface area (Å²) in [6.45, 7) is 9.02.